The van der Waals surface area contributed by atoms with Gasteiger partial charge in [-0.3, -0.25) is 13.9 Å². The molecule has 7 nitrogen and oxygen atoms in total. The molecule has 0 radical (unpaired) electrons. The number of nitrogens with zero attached hydrogens (tertiary/aromatic N) is 2. The van der Waals surface area contributed by atoms with E-state index in [1.54, 1.807) is 30.3 Å². The quantitative estimate of drug-likeness (QED) is 0.299. The standard InChI is InChI=1S/C32H41N3O4S/c1-6-25(5)33-32(37)29(8-3)34(22-27-18-13-12-16-24(27)4)31(36)23-35(30-21-15-14-17-26(30)7-2)40(38,39)28-19-10-9-11-20-28/h9-21,25,29H,6-8,22-23H2,1-5H3,(H,33,37)/t25-,29-/m0/s1. The molecule has 40 heavy (non-hydrogen) atoms. The van der Waals surface area contributed by atoms with Crippen molar-refractivity contribution in [3.05, 3.63) is 95.6 Å². The van der Waals surface area contributed by atoms with E-state index in [0.29, 0.717) is 18.5 Å². The van der Waals surface area contributed by atoms with Gasteiger partial charge in [0.2, 0.25) is 11.8 Å². The maximum atomic E-state index is 14.2. The lowest BCUT2D eigenvalue weighted by Gasteiger charge is -2.34. The van der Waals surface area contributed by atoms with Crippen LogP contribution in [0.2, 0.25) is 0 Å². The van der Waals surface area contributed by atoms with Gasteiger partial charge in [-0.1, -0.05) is 81.4 Å². The zero-order valence-corrected chi connectivity index (χ0v) is 24.9. The van der Waals surface area contributed by atoms with Crippen molar-refractivity contribution in [2.24, 2.45) is 0 Å². The second-order valence-electron chi connectivity index (χ2n) is 10.00. The maximum Gasteiger partial charge on any atom is 0.264 e. The lowest BCUT2D eigenvalue weighted by atomic mass is 10.1. The highest BCUT2D eigenvalue weighted by Gasteiger charge is 2.34. The predicted octanol–water partition coefficient (Wildman–Crippen LogP) is 5.47. The van der Waals surface area contributed by atoms with E-state index in [0.717, 1.165) is 23.1 Å². The molecule has 214 valence electrons. The summed E-state index contributed by atoms with van der Waals surface area (Å²) in [6.07, 6.45) is 1.73. The van der Waals surface area contributed by atoms with Crippen LogP contribution in [-0.2, 0) is 32.6 Å². The van der Waals surface area contributed by atoms with Gasteiger partial charge in [0.1, 0.15) is 12.6 Å². The van der Waals surface area contributed by atoms with Crippen molar-refractivity contribution in [1.82, 2.24) is 10.2 Å². The van der Waals surface area contributed by atoms with Gasteiger partial charge in [-0.15, -0.1) is 0 Å². The molecule has 2 amide bonds. The molecule has 0 aromatic heterocycles. The van der Waals surface area contributed by atoms with Crippen LogP contribution in [0.1, 0.15) is 57.2 Å². The van der Waals surface area contributed by atoms with Crippen LogP contribution in [-0.4, -0.2) is 43.8 Å². The maximum absolute atomic E-state index is 14.2. The number of sulfonamides is 1. The highest BCUT2D eigenvalue weighted by atomic mass is 32.2. The number of anilines is 1. The summed E-state index contributed by atoms with van der Waals surface area (Å²) < 4.78 is 29.2. The number of carbonyl (C=O) groups is 2. The summed E-state index contributed by atoms with van der Waals surface area (Å²) in [5.74, 6) is -0.690. The van der Waals surface area contributed by atoms with Crippen molar-refractivity contribution in [1.29, 1.82) is 0 Å². The van der Waals surface area contributed by atoms with E-state index in [2.05, 4.69) is 5.32 Å². The average Bonchev–Trinajstić information content (AvgIpc) is 2.96. The Bertz CT molecular complexity index is 1390. The third-order valence-electron chi connectivity index (χ3n) is 7.24. The first-order chi connectivity index (χ1) is 19.1. The molecule has 3 rings (SSSR count). The van der Waals surface area contributed by atoms with Crippen molar-refractivity contribution in [2.45, 2.75) is 77.4 Å². The molecule has 0 saturated heterocycles. The Morgan fingerprint density at radius 3 is 2.02 bits per heavy atom. The largest absolute Gasteiger partial charge is 0.352 e. The number of aryl methyl sites for hydroxylation is 2. The molecular formula is C32H41N3O4S. The van der Waals surface area contributed by atoms with E-state index in [1.165, 1.54) is 21.3 Å². The molecular weight excluding hydrogens is 522 g/mol. The Hall–Kier alpha value is -3.65. The fourth-order valence-corrected chi connectivity index (χ4v) is 6.09. The second-order valence-corrected chi connectivity index (χ2v) is 11.9. The van der Waals surface area contributed by atoms with Crippen molar-refractivity contribution in [3.63, 3.8) is 0 Å². The molecule has 3 aromatic carbocycles. The van der Waals surface area contributed by atoms with Gasteiger partial charge >= 0.3 is 0 Å². The highest BCUT2D eigenvalue weighted by Crippen LogP contribution is 2.28. The Morgan fingerprint density at radius 1 is 0.825 bits per heavy atom. The van der Waals surface area contributed by atoms with Crippen molar-refractivity contribution in [2.75, 3.05) is 10.8 Å². The number of amides is 2. The Labute approximate surface area is 239 Å². The number of hydrogen-bond donors (Lipinski definition) is 1. The molecule has 0 spiro atoms. The molecule has 0 unspecified atom stereocenters. The minimum Gasteiger partial charge on any atom is -0.352 e. The number of hydrogen-bond acceptors (Lipinski definition) is 4. The summed E-state index contributed by atoms with van der Waals surface area (Å²) in [5, 5.41) is 3.01. The fraction of sp³-hybridized carbons (Fsp3) is 0.375. The topological polar surface area (TPSA) is 86.8 Å². The molecule has 0 saturated carbocycles. The number of carbonyl (C=O) groups excluding carboxylic acids is 2. The summed E-state index contributed by atoms with van der Waals surface area (Å²) >= 11 is 0. The normalized spacial score (nSPS) is 12.8. The van der Waals surface area contributed by atoms with Gasteiger partial charge in [0.05, 0.1) is 10.6 Å². The van der Waals surface area contributed by atoms with E-state index in [9.17, 15) is 18.0 Å². The third-order valence-corrected chi connectivity index (χ3v) is 9.01. The van der Waals surface area contributed by atoms with Crippen molar-refractivity contribution >= 4 is 27.5 Å². The number of benzene rings is 3. The molecule has 8 heteroatoms. The third kappa shape index (κ3) is 7.30. The number of para-hydroxylation sites is 1. The van der Waals surface area contributed by atoms with Crippen LogP contribution in [0.5, 0.6) is 0 Å². The molecule has 2 atom stereocenters. The molecule has 0 aliphatic carbocycles. The second kappa shape index (κ2) is 14.1. The summed E-state index contributed by atoms with van der Waals surface area (Å²) in [4.78, 5) is 29.3. The molecule has 0 heterocycles. The van der Waals surface area contributed by atoms with Crippen LogP contribution >= 0.6 is 0 Å². The molecule has 0 fully saturated rings. The minimum atomic E-state index is -4.09. The van der Waals surface area contributed by atoms with E-state index in [1.807, 2.05) is 71.0 Å². The summed E-state index contributed by atoms with van der Waals surface area (Å²) in [6, 6.07) is 22.3. The van der Waals surface area contributed by atoms with Gasteiger partial charge in [0.15, 0.2) is 0 Å². The Kier molecular flexibility index (Phi) is 10.9. The molecule has 0 bridgehead atoms. The summed E-state index contributed by atoms with van der Waals surface area (Å²) in [7, 11) is -4.09. The van der Waals surface area contributed by atoms with Gasteiger partial charge < -0.3 is 10.2 Å². The van der Waals surface area contributed by atoms with Gasteiger partial charge in [-0.05, 0) is 68.0 Å². The lowest BCUT2D eigenvalue weighted by Crippen LogP contribution is -2.53. The minimum absolute atomic E-state index is 0.0525. The van der Waals surface area contributed by atoms with E-state index >= 15 is 0 Å². The van der Waals surface area contributed by atoms with Gasteiger partial charge in [-0.2, -0.15) is 0 Å². The van der Waals surface area contributed by atoms with Gasteiger partial charge in [-0.25, -0.2) is 8.42 Å². The first kappa shape index (κ1) is 30.9. The summed E-state index contributed by atoms with van der Waals surface area (Å²) in [6.45, 7) is 9.43. The van der Waals surface area contributed by atoms with Crippen molar-refractivity contribution in [3.8, 4) is 0 Å². The Morgan fingerprint density at radius 2 is 1.43 bits per heavy atom. The highest BCUT2D eigenvalue weighted by molar-refractivity contribution is 7.92. The number of nitrogens with one attached hydrogen (secondary N) is 1. The monoisotopic (exact) mass is 563 g/mol. The SMILES string of the molecule is CCc1ccccc1N(CC(=O)N(Cc1ccccc1C)[C@@H](CC)C(=O)N[C@@H](C)CC)S(=O)(=O)c1ccccc1. The fourth-order valence-electron chi connectivity index (χ4n) is 4.62. The van der Waals surface area contributed by atoms with Crippen LogP contribution in [0.15, 0.2) is 83.8 Å². The van der Waals surface area contributed by atoms with Crippen LogP contribution in [0.4, 0.5) is 5.69 Å². The van der Waals surface area contributed by atoms with Gasteiger partial charge in [0.25, 0.3) is 10.0 Å². The first-order valence-corrected chi connectivity index (χ1v) is 15.4. The van der Waals surface area contributed by atoms with Crippen LogP contribution < -0.4 is 9.62 Å². The molecule has 0 aliphatic rings. The van der Waals surface area contributed by atoms with E-state index in [-0.39, 0.29) is 23.4 Å². The predicted molar refractivity (Wildman–Crippen MR) is 160 cm³/mol. The molecule has 1 N–H and O–H groups in total. The zero-order valence-electron chi connectivity index (χ0n) is 24.1. The summed E-state index contributed by atoms with van der Waals surface area (Å²) in [5.41, 5.74) is 3.15. The smallest absolute Gasteiger partial charge is 0.264 e. The van der Waals surface area contributed by atoms with Crippen molar-refractivity contribution < 1.29 is 18.0 Å². The lowest BCUT2D eigenvalue weighted by molar-refractivity contribution is -0.140. The van der Waals surface area contributed by atoms with Crippen LogP contribution in [0.25, 0.3) is 0 Å². The van der Waals surface area contributed by atoms with Crippen LogP contribution in [0.3, 0.4) is 0 Å². The number of rotatable bonds is 13. The van der Waals surface area contributed by atoms with E-state index < -0.39 is 28.5 Å². The molecule has 0 aliphatic heterocycles. The first-order valence-electron chi connectivity index (χ1n) is 13.9. The zero-order chi connectivity index (χ0) is 29.3. The average molecular weight is 564 g/mol. The van der Waals surface area contributed by atoms with Crippen LogP contribution in [0, 0.1) is 6.92 Å². The Balaban J connectivity index is 2.10. The van der Waals surface area contributed by atoms with E-state index in [4.69, 9.17) is 0 Å². The molecule has 3 aromatic rings. The van der Waals surface area contributed by atoms with Gasteiger partial charge in [0, 0.05) is 12.6 Å².